The highest BCUT2D eigenvalue weighted by Crippen LogP contribution is 2.13. The molecule has 1 aromatic rings. The Kier molecular flexibility index (Phi) is 4.61. The highest BCUT2D eigenvalue weighted by atomic mass is 16.7. The summed E-state index contributed by atoms with van der Waals surface area (Å²) in [4.78, 5) is 26.3. The summed E-state index contributed by atoms with van der Waals surface area (Å²) < 4.78 is 1.73. The standard InChI is InChI=1S/C11H16N4O3/c1-7-9(8(2)15(3)13-7)4-5-11(17)14-18-6-10(12)16/h4-5H,6H2,1-3H3,(H2,12,16)(H,14,17)/b5-4+. The van der Waals surface area contributed by atoms with E-state index in [1.807, 2.05) is 20.9 Å². The third-order valence-electron chi connectivity index (χ3n) is 2.35. The van der Waals surface area contributed by atoms with Crippen LogP contribution in [-0.4, -0.2) is 28.2 Å². The first-order valence-electron chi connectivity index (χ1n) is 5.30. The zero-order valence-electron chi connectivity index (χ0n) is 10.6. The molecule has 0 fully saturated rings. The number of hydrogen-bond donors (Lipinski definition) is 2. The minimum atomic E-state index is -0.654. The van der Waals surface area contributed by atoms with Crippen LogP contribution in [-0.2, 0) is 21.5 Å². The van der Waals surface area contributed by atoms with Gasteiger partial charge in [-0.25, -0.2) is 5.48 Å². The second-order valence-corrected chi connectivity index (χ2v) is 3.76. The highest BCUT2D eigenvalue weighted by molar-refractivity contribution is 5.91. The Bertz CT molecular complexity index is 491. The first-order valence-corrected chi connectivity index (χ1v) is 5.30. The molecule has 0 aliphatic carbocycles. The molecular weight excluding hydrogens is 236 g/mol. The van der Waals surface area contributed by atoms with Gasteiger partial charge in [0, 0.05) is 24.4 Å². The maximum atomic E-state index is 11.3. The normalized spacial score (nSPS) is 10.8. The number of aromatic nitrogens is 2. The average Bonchev–Trinajstić information content (AvgIpc) is 2.50. The van der Waals surface area contributed by atoms with Crippen molar-refractivity contribution in [3.05, 3.63) is 23.0 Å². The number of hydroxylamine groups is 1. The third-order valence-corrected chi connectivity index (χ3v) is 2.35. The number of nitrogens with zero attached hydrogens (tertiary/aromatic N) is 2. The zero-order chi connectivity index (χ0) is 13.7. The fourth-order valence-electron chi connectivity index (χ4n) is 1.40. The van der Waals surface area contributed by atoms with Crippen molar-refractivity contribution in [3.63, 3.8) is 0 Å². The first-order chi connectivity index (χ1) is 8.41. The van der Waals surface area contributed by atoms with Gasteiger partial charge in [0.15, 0.2) is 6.61 Å². The van der Waals surface area contributed by atoms with Gasteiger partial charge in [-0.15, -0.1) is 0 Å². The fraction of sp³-hybridized carbons (Fsp3) is 0.364. The second-order valence-electron chi connectivity index (χ2n) is 3.76. The molecule has 3 N–H and O–H groups in total. The molecule has 1 heterocycles. The summed E-state index contributed by atoms with van der Waals surface area (Å²) in [6.07, 6.45) is 2.94. The molecular formula is C11H16N4O3. The van der Waals surface area contributed by atoms with E-state index >= 15 is 0 Å². The van der Waals surface area contributed by atoms with Crippen molar-refractivity contribution in [2.45, 2.75) is 13.8 Å². The summed E-state index contributed by atoms with van der Waals surface area (Å²) in [7, 11) is 1.83. The number of rotatable bonds is 5. The van der Waals surface area contributed by atoms with Gasteiger partial charge in [0.25, 0.3) is 5.91 Å². The summed E-state index contributed by atoms with van der Waals surface area (Å²) in [5.74, 6) is -1.13. The summed E-state index contributed by atoms with van der Waals surface area (Å²) in [5, 5.41) is 4.22. The Balaban J connectivity index is 2.58. The SMILES string of the molecule is Cc1nn(C)c(C)c1/C=C/C(=O)NOCC(N)=O. The first kappa shape index (κ1) is 13.9. The van der Waals surface area contributed by atoms with E-state index in [2.05, 4.69) is 15.4 Å². The van der Waals surface area contributed by atoms with Gasteiger partial charge < -0.3 is 5.73 Å². The van der Waals surface area contributed by atoms with Crippen LogP contribution in [0.3, 0.4) is 0 Å². The topological polar surface area (TPSA) is 99.2 Å². The van der Waals surface area contributed by atoms with Crippen LogP contribution >= 0.6 is 0 Å². The van der Waals surface area contributed by atoms with Gasteiger partial charge in [-0.1, -0.05) is 0 Å². The van der Waals surface area contributed by atoms with E-state index in [1.165, 1.54) is 6.08 Å². The summed E-state index contributed by atoms with van der Waals surface area (Å²) in [6.45, 7) is 3.40. The van der Waals surface area contributed by atoms with Crippen LogP contribution < -0.4 is 11.2 Å². The Hall–Kier alpha value is -2.15. The van der Waals surface area contributed by atoms with Crippen molar-refractivity contribution in [1.29, 1.82) is 0 Å². The number of primary amides is 1. The minimum absolute atomic E-state index is 0.357. The van der Waals surface area contributed by atoms with Crippen LogP contribution in [0.25, 0.3) is 6.08 Å². The zero-order valence-corrected chi connectivity index (χ0v) is 10.6. The second kappa shape index (κ2) is 5.97. The van der Waals surface area contributed by atoms with E-state index in [-0.39, 0.29) is 6.61 Å². The molecule has 7 nitrogen and oxygen atoms in total. The van der Waals surface area contributed by atoms with Crippen LogP contribution in [0.2, 0.25) is 0 Å². The molecule has 0 saturated heterocycles. The largest absolute Gasteiger partial charge is 0.368 e. The Morgan fingerprint density at radius 3 is 2.67 bits per heavy atom. The monoisotopic (exact) mass is 252 g/mol. The van der Waals surface area contributed by atoms with Crippen molar-refractivity contribution in [3.8, 4) is 0 Å². The van der Waals surface area contributed by atoms with E-state index in [0.29, 0.717) is 0 Å². The molecule has 2 amide bonds. The van der Waals surface area contributed by atoms with Crippen LogP contribution in [0.4, 0.5) is 0 Å². The van der Waals surface area contributed by atoms with Crippen molar-refractivity contribution < 1.29 is 14.4 Å². The Morgan fingerprint density at radius 2 is 2.17 bits per heavy atom. The predicted octanol–water partition coefficient (Wildman–Crippen LogP) is -0.417. The Labute approximate surface area is 105 Å². The van der Waals surface area contributed by atoms with Crippen molar-refractivity contribution >= 4 is 17.9 Å². The van der Waals surface area contributed by atoms with Gasteiger partial charge in [0.05, 0.1) is 5.69 Å². The molecule has 0 unspecified atom stereocenters. The van der Waals surface area contributed by atoms with Crippen LogP contribution in [0, 0.1) is 13.8 Å². The summed E-state index contributed by atoms with van der Waals surface area (Å²) in [5.41, 5.74) is 9.58. The molecule has 0 bridgehead atoms. The number of carbonyl (C=O) groups is 2. The summed E-state index contributed by atoms with van der Waals surface area (Å²) in [6, 6.07) is 0. The molecule has 1 aromatic heterocycles. The molecule has 0 aromatic carbocycles. The molecule has 1 rings (SSSR count). The molecule has 0 atom stereocenters. The van der Waals surface area contributed by atoms with Gasteiger partial charge >= 0.3 is 0 Å². The van der Waals surface area contributed by atoms with Crippen molar-refractivity contribution in [2.24, 2.45) is 12.8 Å². The minimum Gasteiger partial charge on any atom is -0.368 e. The quantitative estimate of drug-likeness (QED) is 0.549. The van der Waals surface area contributed by atoms with Crippen molar-refractivity contribution in [2.75, 3.05) is 6.61 Å². The third kappa shape index (κ3) is 3.70. The maximum absolute atomic E-state index is 11.3. The van der Waals surface area contributed by atoms with E-state index < -0.39 is 11.8 Å². The summed E-state index contributed by atoms with van der Waals surface area (Å²) >= 11 is 0. The maximum Gasteiger partial charge on any atom is 0.267 e. The fourth-order valence-corrected chi connectivity index (χ4v) is 1.40. The van der Waals surface area contributed by atoms with Crippen LogP contribution in [0.1, 0.15) is 17.0 Å². The van der Waals surface area contributed by atoms with Gasteiger partial charge in [0.2, 0.25) is 5.91 Å². The lowest BCUT2D eigenvalue weighted by Crippen LogP contribution is -2.28. The number of nitrogens with one attached hydrogen (secondary N) is 1. The van der Waals surface area contributed by atoms with Gasteiger partial charge in [-0.3, -0.25) is 19.1 Å². The van der Waals surface area contributed by atoms with E-state index in [4.69, 9.17) is 5.73 Å². The number of aryl methyl sites for hydroxylation is 2. The van der Waals surface area contributed by atoms with E-state index in [1.54, 1.807) is 10.8 Å². The number of nitrogens with two attached hydrogens (primary N) is 1. The lowest BCUT2D eigenvalue weighted by Gasteiger charge is -2.00. The predicted molar refractivity (Wildman–Crippen MR) is 65.0 cm³/mol. The molecule has 0 aliphatic heterocycles. The van der Waals surface area contributed by atoms with Gasteiger partial charge in [-0.2, -0.15) is 5.10 Å². The molecule has 98 valence electrons. The molecule has 0 aliphatic rings. The number of carbonyl (C=O) groups excluding carboxylic acids is 2. The highest BCUT2D eigenvalue weighted by Gasteiger charge is 2.06. The molecule has 7 heteroatoms. The van der Waals surface area contributed by atoms with Crippen molar-refractivity contribution in [1.82, 2.24) is 15.3 Å². The molecule has 0 spiro atoms. The average molecular weight is 252 g/mol. The smallest absolute Gasteiger partial charge is 0.267 e. The van der Waals surface area contributed by atoms with Gasteiger partial charge in [0.1, 0.15) is 0 Å². The Morgan fingerprint density at radius 1 is 1.50 bits per heavy atom. The lowest BCUT2D eigenvalue weighted by molar-refractivity contribution is -0.134. The lowest BCUT2D eigenvalue weighted by atomic mass is 10.2. The molecule has 0 saturated carbocycles. The van der Waals surface area contributed by atoms with Crippen LogP contribution in [0.15, 0.2) is 6.08 Å². The van der Waals surface area contributed by atoms with E-state index in [0.717, 1.165) is 17.0 Å². The number of amides is 2. The van der Waals surface area contributed by atoms with Gasteiger partial charge in [-0.05, 0) is 19.9 Å². The van der Waals surface area contributed by atoms with Crippen LogP contribution in [0.5, 0.6) is 0 Å². The molecule has 0 radical (unpaired) electrons. The molecule has 18 heavy (non-hydrogen) atoms. The number of hydrogen-bond acceptors (Lipinski definition) is 4. The van der Waals surface area contributed by atoms with E-state index in [9.17, 15) is 9.59 Å².